The van der Waals surface area contributed by atoms with Crippen molar-refractivity contribution in [2.45, 2.75) is 31.1 Å². The average molecular weight is 460 g/mol. The number of aromatic nitrogens is 1. The molecule has 0 atom stereocenters. The van der Waals surface area contributed by atoms with Gasteiger partial charge < -0.3 is 9.73 Å². The molecule has 0 fully saturated rings. The first-order valence-corrected chi connectivity index (χ1v) is 11.7. The number of halogens is 1. The van der Waals surface area contributed by atoms with Crippen molar-refractivity contribution in [1.29, 1.82) is 0 Å². The first kappa shape index (κ1) is 23.6. The molecule has 1 N–H and O–H groups in total. The molecular weight excluding hydrogens is 433 g/mol. The van der Waals surface area contributed by atoms with E-state index in [9.17, 15) is 17.6 Å². The Morgan fingerprint density at radius 3 is 2.50 bits per heavy atom. The van der Waals surface area contributed by atoms with E-state index in [4.69, 9.17) is 4.42 Å². The Bertz CT molecular complexity index is 1140. The molecule has 0 bridgehead atoms. The number of hydrogen-bond donors (Lipinski definition) is 1. The van der Waals surface area contributed by atoms with Crippen LogP contribution >= 0.6 is 0 Å². The molecule has 0 saturated heterocycles. The molecule has 1 aromatic heterocycles. The van der Waals surface area contributed by atoms with Crippen molar-refractivity contribution in [3.63, 3.8) is 0 Å². The fraction of sp³-hybridized carbons (Fsp3) is 0.304. The number of carbonyl (C=O) groups is 1. The number of carbonyl (C=O) groups excluding carboxylic acids is 1. The van der Waals surface area contributed by atoms with Crippen LogP contribution in [0, 0.1) is 12.7 Å². The average Bonchev–Trinajstić information content (AvgIpc) is 3.23. The van der Waals surface area contributed by atoms with Crippen LogP contribution in [-0.2, 0) is 21.2 Å². The fourth-order valence-corrected chi connectivity index (χ4v) is 4.25. The lowest BCUT2D eigenvalue weighted by Crippen LogP contribution is -2.30. The van der Waals surface area contributed by atoms with E-state index >= 15 is 0 Å². The summed E-state index contributed by atoms with van der Waals surface area (Å²) in [6, 6.07) is 12.5. The monoisotopic (exact) mass is 459 g/mol. The van der Waals surface area contributed by atoms with Gasteiger partial charge in [-0.2, -0.15) is 0 Å². The molecular formula is C23H26FN3O4S. The Kier molecular flexibility index (Phi) is 7.76. The Labute approximate surface area is 187 Å². The predicted molar refractivity (Wildman–Crippen MR) is 119 cm³/mol. The lowest BCUT2D eigenvalue weighted by atomic mass is 10.1. The number of sulfonamides is 1. The molecule has 3 rings (SSSR count). The molecule has 32 heavy (non-hydrogen) atoms. The van der Waals surface area contributed by atoms with Crippen molar-refractivity contribution in [1.82, 2.24) is 14.6 Å². The van der Waals surface area contributed by atoms with Gasteiger partial charge in [-0.15, -0.1) is 0 Å². The van der Waals surface area contributed by atoms with Gasteiger partial charge in [0.05, 0.1) is 10.6 Å². The number of hydrogen-bond acceptors (Lipinski definition) is 5. The van der Waals surface area contributed by atoms with Crippen molar-refractivity contribution in [2.24, 2.45) is 0 Å². The maximum atomic E-state index is 13.0. The Morgan fingerprint density at radius 2 is 1.81 bits per heavy atom. The smallest absolute Gasteiger partial charge is 0.242 e. The third kappa shape index (κ3) is 6.24. The quantitative estimate of drug-likeness (QED) is 0.501. The van der Waals surface area contributed by atoms with Crippen molar-refractivity contribution in [3.05, 3.63) is 71.9 Å². The Morgan fingerprint density at radius 1 is 1.12 bits per heavy atom. The van der Waals surface area contributed by atoms with Crippen molar-refractivity contribution in [3.8, 4) is 11.5 Å². The molecule has 0 spiro atoms. The Hall–Kier alpha value is -3.04. The van der Waals surface area contributed by atoms with Crippen LogP contribution in [0.5, 0.6) is 0 Å². The van der Waals surface area contributed by atoms with E-state index < -0.39 is 15.8 Å². The number of rotatable bonds is 10. The van der Waals surface area contributed by atoms with E-state index in [1.165, 1.54) is 19.2 Å². The summed E-state index contributed by atoms with van der Waals surface area (Å²) in [6.07, 6.45) is 2.66. The second-order valence-electron chi connectivity index (χ2n) is 7.49. The van der Waals surface area contributed by atoms with E-state index in [1.807, 2.05) is 31.2 Å². The van der Waals surface area contributed by atoms with Gasteiger partial charge in [-0.1, -0.05) is 17.7 Å². The summed E-state index contributed by atoms with van der Waals surface area (Å²) in [7, 11) is -2.28. The van der Waals surface area contributed by atoms with E-state index in [-0.39, 0.29) is 23.8 Å². The van der Waals surface area contributed by atoms with Crippen LogP contribution in [0.4, 0.5) is 4.39 Å². The molecule has 1 amide bonds. The summed E-state index contributed by atoms with van der Waals surface area (Å²) in [5, 5.41) is 2.81. The third-order valence-corrected chi connectivity index (χ3v) is 6.82. The first-order valence-electron chi connectivity index (χ1n) is 10.3. The van der Waals surface area contributed by atoms with Gasteiger partial charge in [0.25, 0.3) is 0 Å². The SMILES string of the molecule is Cc1ccc(-c2nc(CCNC(=O)CCCN(C)S(=O)(=O)c3ccc(F)cc3)co2)cc1. The minimum absolute atomic E-state index is 0.0171. The minimum atomic E-state index is -3.71. The largest absolute Gasteiger partial charge is 0.444 e. The number of oxazole rings is 1. The maximum absolute atomic E-state index is 13.0. The highest BCUT2D eigenvalue weighted by molar-refractivity contribution is 7.89. The van der Waals surface area contributed by atoms with Gasteiger partial charge >= 0.3 is 0 Å². The van der Waals surface area contributed by atoms with E-state index in [2.05, 4.69) is 10.3 Å². The van der Waals surface area contributed by atoms with E-state index in [1.54, 1.807) is 6.26 Å². The van der Waals surface area contributed by atoms with Crippen molar-refractivity contribution in [2.75, 3.05) is 20.1 Å². The Balaban J connectivity index is 1.39. The van der Waals surface area contributed by atoms with Gasteiger partial charge in [0.15, 0.2) is 0 Å². The van der Waals surface area contributed by atoms with Gasteiger partial charge in [0.1, 0.15) is 12.1 Å². The molecule has 0 aliphatic rings. The van der Waals surface area contributed by atoms with Gasteiger partial charge in [-0.3, -0.25) is 4.79 Å². The number of aryl methyl sites for hydroxylation is 1. The molecule has 1 heterocycles. The van der Waals surface area contributed by atoms with Crippen LogP contribution in [0.1, 0.15) is 24.1 Å². The molecule has 2 aromatic carbocycles. The minimum Gasteiger partial charge on any atom is -0.444 e. The number of benzene rings is 2. The lowest BCUT2D eigenvalue weighted by molar-refractivity contribution is -0.121. The number of nitrogens with one attached hydrogen (secondary N) is 1. The van der Waals surface area contributed by atoms with Crippen LogP contribution in [0.3, 0.4) is 0 Å². The summed E-state index contributed by atoms with van der Waals surface area (Å²) in [5.41, 5.74) is 2.79. The number of amides is 1. The predicted octanol–water partition coefficient (Wildman–Crippen LogP) is 3.55. The lowest BCUT2D eigenvalue weighted by Gasteiger charge is -2.17. The molecule has 0 aliphatic heterocycles. The van der Waals surface area contributed by atoms with Crippen molar-refractivity contribution >= 4 is 15.9 Å². The second-order valence-corrected chi connectivity index (χ2v) is 9.54. The molecule has 9 heteroatoms. The van der Waals surface area contributed by atoms with Crippen molar-refractivity contribution < 1.29 is 22.0 Å². The highest BCUT2D eigenvalue weighted by atomic mass is 32.2. The van der Waals surface area contributed by atoms with Crippen LogP contribution in [0.15, 0.2) is 64.1 Å². The topological polar surface area (TPSA) is 92.5 Å². The summed E-state index contributed by atoms with van der Waals surface area (Å²) < 4.78 is 44.6. The third-order valence-electron chi connectivity index (χ3n) is 4.95. The molecule has 3 aromatic rings. The molecule has 7 nitrogen and oxygen atoms in total. The van der Waals surface area contributed by atoms with Crippen LogP contribution in [0.25, 0.3) is 11.5 Å². The zero-order valence-corrected chi connectivity index (χ0v) is 18.9. The summed E-state index contributed by atoms with van der Waals surface area (Å²) in [6.45, 7) is 2.59. The van der Waals surface area contributed by atoms with Gasteiger partial charge in [0, 0.05) is 38.5 Å². The molecule has 170 valence electrons. The molecule has 0 saturated carbocycles. The van der Waals surface area contributed by atoms with Gasteiger partial charge in [-0.05, 0) is 49.7 Å². The van der Waals surface area contributed by atoms with Gasteiger partial charge in [-0.25, -0.2) is 22.1 Å². The highest BCUT2D eigenvalue weighted by Crippen LogP contribution is 2.19. The standard InChI is InChI=1S/C23H26FN3O4S/c1-17-5-7-18(8-6-17)23-26-20(16-31-23)13-14-25-22(28)4-3-15-27(2)32(29,30)21-11-9-19(24)10-12-21/h5-12,16H,3-4,13-15H2,1-2H3,(H,25,28). The molecule has 0 aliphatic carbocycles. The summed E-state index contributed by atoms with van der Waals surface area (Å²) in [5.74, 6) is -0.128. The highest BCUT2D eigenvalue weighted by Gasteiger charge is 2.20. The second kappa shape index (κ2) is 10.5. The zero-order chi connectivity index (χ0) is 23.1. The number of nitrogens with zero attached hydrogens (tertiary/aromatic N) is 2. The summed E-state index contributed by atoms with van der Waals surface area (Å²) in [4.78, 5) is 16.5. The van der Waals surface area contributed by atoms with E-state index in [0.29, 0.717) is 25.3 Å². The summed E-state index contributed by atoms with van der Waals surface area (Å²) >= 11 is 0. The normalized spacial score (nSPS) is 11.6. The van der Waals surface area contributed by atoms with Crippen LogP contribution in [0.2, 0.25) is 0 Å². The zero-order valence-electron chi connectivity index (χ0n) is 18.0. The van der Waals surface area contributed by atoms with Crippen LogP contribution in [-0.4, -0.2) is 43.8 Å². The first-order chi connectivity index (χ1) is 15.3. The van der Waals surface area contributed by atoms with Gasteiger partial charge in [0.2, 0.25) is 21.8 Å². The maximum Gasteiger partial charge on any atom is 0.242 e. The molecule has 0 unspecified atom stereocenters. The molecule has 0 radical (unpaired) electrons. The van der Waals surface area contributed by atoms with Crippen LogP contribution < -0.4 is 5.32 Å². The van der Waals surface area contributed by atoms with E-state index in [0.717, 1.165) is 33.3 Å². The fourth-order valence-electron chi connectivity index (χ4n) is 3.04.